The predicted octanol–water partition coefficient (Wildman–Crippen LogP) is 1.16. The van der Waals surface area contributed by atoms with Gasteiger partial charge in [-0.15, -0.1) is 0 Å². The largest absolute Gasteiger partial charge is 0.496 e. The molecule has 9 nitrogen and oxygen atoms in total. The number of fused-ring (bicyclic) bond motifs is 1. The third kappa shape index (κ3) is 4.57. The van der Waals surface area contributed by atoms with Gasteiger partial charge in [0.2, 0.25) is 11.7 Å². The maximum atomic E-state index is 13.0. The van der Waals surface area contributed by atoms with Crippen LogP contribution in [0.15, 0.2) is 42.9 Å². The van der Waals surface area contributed by atoms with Gasteiger partial charge in [-0.25, -0.2) is 9.97 Å². The summed E-state index contributed by atoms with van der Waals surface area (Å²) in [5, 5.41) is 3.02. The van der Waals surface area contributed by atoms with E-state index in [-0.39, 0.29) is 11.8 Å². The van der Waals surface area contributed by atoms with Crippen molar-refractivity contribution in [3.05, 3.63) is 59.7 Å². The first kappa shape index (κ1) is 21.8. The van der Waals surface area contributed by atoms with Crippen LogP contribution in [0.4, 0.5) is 0 Å². The van der Waals surface area contributed by atoms with Crippen molar-refractivity contribution in [2.75, 3.05) is 40.3 Å². The van der Waals surface area contributed by atoms with Crippen LogP contribution < -0.4 is 10.1 Å². The Hall–Kier alpha value is -3.46. The van der Waals surface area contributed by atoms with Crippen molar-refractivity contribution in [3.63, 3.8) is 0 Å². The minimum atomic E-state index is -0.402. The molecule has 0 radical (unpaired) electrons. The Labute approximate surface area is 187 Å². The highest BCUT2D eigenvalue weighted by Gasteiger charge is 2.33. The van der Waals surface area contributed by atoms with Gasteiger partial charge >= 0.3 is 0 Å². The smallest absolute Gasteiger partial charge is 0.274 e. The summed E-state index contributed by atoms with van der Waals surface area (Å²) in [5.74, 6) is 1.07. The maximum Gasteiger partial charge on any atom is 0.274 e. The molecule has 3 heterocycles. The predicted molar refractivity (Wildman–Crippen MR) is 120 cm³/mol. The first-order valence-electron chi connectivity index (χ1n) is 10.7. The highest BCUT2D eigenvalue weighted by atomic mass is 16.5. The molecule has 1 aliphatic heterocycles. The summed E-state index contributed by atoms with van der Waals surface area (Å²) in [5.41, 5.74) is 2.54. The van der Waals surface area contributed by atoms with Crippen LogP contribution in [-0.4, -0.2) is 82.4 Å². The fraction of sp³-hybridized carbons (Fsp3) is 0.391. The minimum absolute atomic E-state index is 0.0769. The highest BCUT2D eigenvalue weighted by Crippen LogP contribution is 2.18. The van der Waals surface area contributed by atoms with Gasteiger partial charge in [0.15, 0.2) is 0 Å². The minimum Gasteiger partial charge on any atom is -0.496 e. The van der Waals surface area contributed by atoms with E-state index >= 15 is 0 Å². The van der Waals surface area contributed by atoms with Gasteiger partial charge in [0.25, 0.3) is 5.91 Å². The summed E-state index contributed by atoms with van der Waals surface area (Å²) in [7, 11) is 3.57. The zero-order chi connectivity index (χ0) is 22.7. The summed E-state index contributed by atoms with van der Waals surface area (Å²) < 4.78 is 7.01. The van der Waals surface area contributed by atoms with Gasteiger partial charge in [-0.1, -0.05) is 12.1 Å². The number of amides is 2. The lowest BCUT2D eigenvalue weighted by molar-refractivity contribution is -0.127. The van der Waals surface area contributed by atoms with Crippen LogP contribution in [0, 0.1) is 6.92 Å². The van der Waals surface area contributed by atoms with E-state index in [9.17, 15) is 9.59 Å². The molecule has 2 aromatic heterocycles. The van der Waals surface area contributed by atoms with Gasteiger partial charge in [0.05, 0.1) is 7.11 Å². The van der Waals surface area contributed by atoms with E-state index < -0.39 is 6.04 Å². The Morgan fingerprint density at radius 1 is 1.28 bits per heavy atom. The van der Waals surface area contributed by atoms with E-state index in [1.165, 1.54) is 0 Å². The molecule has 1 aromatic carbocycles. The third-order valence-electron chi connectivity index (χ3n) is 5.86. The standard InChI is InChI=1S/C23H28N6O3/c1-16-13-17(5-6-20(16)32-3)7-9-24-21(30)19-15-28(12-11-27(19)2)22(31)18-14-29-10-4-8-25-23(29)26-18/h4-6,8,10,13-14,19H,7,9,11-12,15H2,1-3H3,(H,24,30)/t19-/m1/s1. The Balaban J connectivity index is 1.35. The molecule has 9 heteroatoms. The number of hydrogen-bond donors (Lipinski definition) is 1. The molecule has 1 N–H and O–H groups in total. The fourth-order valence-electron chi connectivity index (χ4n) is 3.98. The summed E-state index contributed by atoms with van der Waals surface area (Å²) in [4.78, 5) is 38.0. The maximum absolute atomic E-state index is 13.0. The van der Waals surface area contributed by atoms with Crippen LogP contribution in [-0.2, 0) is 11.2 Å². The second-order valence-electron chi connectivity index (χ2n) is 8.05. The van der Waals surface area contributed by atoms with E-state index in [2.05, 4.69) is 21.4 Å². The third-order valence-corrected chi connectivity index (χ3v) is 5.86. The molecular weight excluding hydrogens is 408 g/mol. The average molecular weight is 437 g/mol. The lowest BCUT2D eigenvalue weighted by Crippen LogP contribution is -2.58. The number of aryl methyl sites for hydroxylation is 1. The zero-order valence-electron chi connectivity index (χ0n) is 18.6. The van der Waals surface area contributed by atoms with Crippen LogP contribution in [0.5, 0.6) is 5.75 Å². The number of benzene rings is 1. The van der Waals surface area contributed by atoms with Crippen molar-refractivity contribution < 1.29 is 14.3 Å². The summed E-state index contributed by atoms with van der Waals surface area (Å²) in [6, 6.07) is 7.41. The van der Waals surface area contributed by atoms with Gasteiger partial charge in [0.1, 0.15) is 17.5 Å². The quantitative estimate of drug-likeness (QED) is 0.624. The fourth-order valence-corrected chi connectivity index (χ4v) is 3.98. The molecule has 1 saturated heterocycles. The number of carbonyl (C=O) groups excluding carboxylic acids is 2. The topological polar surface area (TPSA) is 92.1 Å². The molecule has 32 heavy (non-hydrogen) atoms. The van der Waals surface area contributed by atoms with Gasteiger partial charge in [-0.2, -0.15) is 0 Å². The highest BCUT2D eigenvalue weighted by molar-refractivity contribution is 5.93. The van der Waals surface area contributed by atoms with Crippen molar-refractivity contribution in [1.82, 2.24) is 29.5 Å². The van der Waals surface area contributed by atoms with Gasteiger partial charge in [-0.3, -0.25) is 18.9 Å². The molecule has 3 aromatic rings. The van der Waals surface area contributed by atoms with E-state index in [1.807, 2.05) is 31.0 Å². The Morgan fingerprint density at radius 3 is 2.88 bits per heavy atom. The molecule has 0 unspecified atom stereocenters. The Kier molecular flexibility index (Phi) is 6.36. The van der Waals surface area contributed by atoms with Crippen molar-refractivity contribution >= 4 is 17.6 Å². The number of rotatable bonds is 6. The second kappa shape index (κ2) is 9.35. The molecule has 0 spiro atoms. The van der Waals surface area contributed by atoms with Crippen molar-refractivity contribution in [3.8, 4) is 5.75 Å². The molecule has 1 fully saturated rings. The average Bonchev–Trinajstić information content (AvgIpc) is 3.23. The first-order chi connectivity index (χ1) is 15.5. The van der Waals surface area contributed by atoms with E-state index in [4.69, 9.17) is 4.74 Å². The monoisotopic (exact) mass is 436 g/mol. The Bertz CT molecular complexity index is 1090. The molecule has 2 amide bonds. The number of likely N-dealkylation sites (N-methyl/N-ethyl adjacent to an activating group) is 1. The van der Waals surface area contributed by atoms with E-state index in [0.29, 0.717) is 37.7 Å². The lowest BCUT2D eigenvalue weighted by Gasteiger charge is -2.38. The number of carbonyl (C=O) groups is 2. The van der Waals surface area contributed by atoms with Gasteiger partial charge < -0.3 is 15.0 Å². The molecule has 0 aliphatic carbocycles. The number of nitrogens with zero attached hydrogens (tertiary/aromatic N) is 5. The van der Waals surface area contributed by atoms with Crippen molar-refractivity contribution in [1.29, 1.82) is 0 Å². The summed E-state index contributed by atoms with van der Waals surface area (Å²) >= 11 is 0. The van der Waals surface area contributed by atoms with Crippen LogP contribution >= 0.6 is 0 Å². The number of hydrogen-bond acceptors (Lipinski definition) is 6. The zero-order valence-corrected chi connectivity index (χ0v) is 18.6. The first-order valence-corrected chi connectivity index (χ1v) is 10.7. The number of aromatic nitrogens is 3. The van der Waals surface area contributed by atoms with Crippen LogP contribution in [0.3, 0.4) is 0 Å². The van der Waals surface area contributed by atoms with E-state index in [0.717, 1.165) is 23.3 Å². The lowest BCUT2D eigenvalue weighted by atomic mass is 10.1. The van der Waals surface area contributed by atoms with Crippen LogP contribution in [0.1, 0.15) is 21.6 Å². The van der Waals surface area contributed by atoms with Gasteiger partial charge in [0, 0.05) is 44.8 Å². The SMILES string of the molecule is COc1ccc(CCNC(=O)[C@H]2CN(C(=O)c3cn4cccnc4n3)CCN2C)cc1C. The number of nitrogens with one attached hydrogen (secondary N) is 1. The molecule has 1 aliphatic rings. The molecular formula is C23H28N6O3. The normalized spacial score (nSPS) is 16.8. The molecule has 168 valence electrons. The molecule has 0 bridgehead atoms. The molecule has 1 atom stereocenters. The van der Waals surface area contributed by atoms with Crippen LogP contribution in [0.25, 0.3) is 5.78 Å². The number of imidazole rings is 1. The number of ether oxygens (including phenoxy) is 1. The number of methoxy groups -OCH3 is 1. The second-order valence-corrected chi connectivity index (χ2v) is 8.05. The van der Waals surface area contributed by atoms with Crippen molar-refractivity contribution in [2.45, 2.75) is 19.4 Å². The van der Waals surface area contributed by atoms with Crippen molar-refractivity contribution in [2.24, 2.45) is 0 Å². The van der Waals surface area contributed by atoms with E-state index in [1.54, 1.807) is 41.1 Å². The Morgan fingerprint density at radius 2 is 2.12 bits per heavy atom. The molecule has 4 rings (SSSR count). The van der Waals surface area contributed by atoms with Gasteiger partial charge in [-0.05, 0) is 43.7 Å². The van der Waals surface area contributed by atoms with Crippen LogP contribution in [0.2, 0.25) is 0 Å². The summed E-state index contributed by atoms with van der Waals surface area (Å²) in [6.07, 6.45) is 5.84. The number of piperazine rings is 1. The summed E-state index contributed by atoms with van der Waals surface area (Å²) in [6.45, 7) is 4.02. The molecule has 0 saturated carbocycles.